The monoisotopic (exact) mass is 285 g/mol. The Bertz CT molecular complexity index is 299. The second-order valence-corrected chi connectivity index (χ2v) is 6.70. The molecule has 1 fully saturated rings. The first-order chi connectivity index (χ1) is 9.35. The van der Waals surface area contributed by atoms with Crippen molar-refractivity contribution in [2.45, 2.75) is 91.0 Å². The zero-order valence-electron chi connectivity index (χ0n) is 13.8. The van der Waals surface area contributed by atoms with E-state index in [4.69, 9.17) is 9.47 Å². The lowest BCUT2D eigenvalue weighted by Gasteiger charge is -2.41. The van der Waals surface area contributed by atoms with E-state index in [1.54, 1.807) is 4.90 Å². The van der Waals surface area contributed by atoms with E-state index in [1.165, 1.54) is 19.3 Å². The molecule has 4 nitrogen and oxygen atoms in total. The molecule has 0 bridgehead atoms. The fourth-order valence-electron chi connectivity index (χ4n) is 2.46. The number of amides is 1. The van der Waals surface area contributed by atoms with Crippen molar-refractivity contribution in [1.82, 2.24) is 4.90 Å². The smallest absolute Gasteiger partial charge is 0.412 e. The summed E-state index contributed by atoms with van der Waals surface area (Å²) in [6.07, 6.45) is 6.19. The summed E-state index contributed by atoms with van der Waals surface area (Å²) in [4.78, 5) is 14.1. The van der Waals surface area contributed by atoms with Crippen LogP contribution in [-0.4, -0.2) is 35.5 Å². The first-order valence-corrected chi connectivity index (χ1v) is 7.98. The van der Waals surface area contributed by atoms with Crippen LogP contribution in [0.2, 0.25) is 0 Å². The Morgan fingerprint density at radius 2 is 2.00 bits per heavy atom. The number of hydrogen-bond acceptors (Lipinski definition) is 3. The molecule has 0 spiro atoms. The topological polar surface area (TPSA) is 38.8 Å². The molecule has 0 aromatic carbocycles. The van der Waals surface area contributed by atoms with Crippen molar-refractivity contribution in [2.75, 3.05) is 6.61 Å². The lowest BCUT2D eigenvalue weighted by molar-refractivity contribution is -0.119. The molecular weight excluding hydrogens is 254 g/mol. The summed E-state index contributed by atoms with van der Waals surface area (Å²) >= 11 is 0. The minimum absolute atomic E-state index is 0.120. The molecule has 0 aromatic rings. The number of nitrogens with zero attached hydrogens (tertiary/aromatic N) is 1. The van der Waals surface area contributed by atoms with Crippen molar-refractivity contribution in [2.24, 2.45) is 0 Å². The normalized spacial score (nSPS) is 23.8. The third-order valence-corrected chi connectivity index (χ3v) is 3.54. The molecule has 0 unspecified atom stereocenters. The van der Waals surface area contributed by atoms with Crippen molar-refractivity contribution in [1.29, 1.82) is 0 Å². The van der Waals surface area contributed by atoms with E-state index in [0.29, 0.717) is 0 Å². The Balaban J connectivity index is 2.58. The van der Waals surface area contributed by atoms with E-state index in [-0.39, 0.29) is 18.4 Å². The minimum atomic E-state index is -0.457. The Morgan fingerprint density at radius 3 is 2.60 bits per heavy atom. The zero-order chi connectivity index (χ0) is 15.2. The maximum atomic E-state index is 12.3. The fraction of sp³-hybridized carbons (Fsp3) is 0.938. The number of carbonyl (C=O) groups excluding carboxylic acids is 1. The van der Waals surface area contributed by atoms with Crippen molar-refractivity contribution in [3.8, 4) is 0 Å². The van der Waals surface area contributed by atoms with Crippen LogP contribution in [0.15, 0.2) is 0 Å². The van der Waals surface area contributed by atoms with Gasteiger partial charge in [0, 0.05) is 6.04 Å². The molecule has 0 aliphatic carbocycles. The van der Waals surface area contributed by atoms with Gasteiger partial charge in [0.05, 0.1) is 6.61 Å². The lowest BCUT2D eigenvalue weighted by Crippen LogP contribution is -2.52. The largest absolute Gasteiger partial charge is 0.444 e. The van der Waals surface area contributed by atoms with Crippen molar-refractivity contribution in [3.63, 3.8) is 0 Å². The Morgan fingerprint density at radius 1 is 1.30 bits per heavy atom. The van der Waals surface area contributed by atoms with Gasteiger partial charge in [-0.05, 0) is 47.0 Å². The summed E-state index contributed by atoms with van der Waals surface area (Å²) < 4.78 is 11.3. The van der Waals surface area contributed by atoms with Crippen LogP contribution >= 0.6 is 0 Å². The highest BCUT2D eigenvalue weighted by Crippen LogP contribution is 2.24. The summed E-state index contributed by atoms with van der Waals surface area (Å²) in [5, 5.41) is 0. The van der Waals surface area contributed by atoms with Crippen molar-refractivity contribution in [3.05, 3.63) is 0 Å². The van der Waals surface area contributed by atoms with Crippen LogP contribution in [0.3, 0.4) is 0 Å². The second kappa shape index (κ2) is 7.87. The van der Waals surface area contributed by atoms with Gasteiger partial charge >= 0.3 is 6.09 Å². The quantitative estimate of drug-likeness (QED) is 0.706. The fourth-order valence-corrected chi connectivity index (χ4v) is 2.46. The molecule has 4 heteroatoms. The summed E-state index contributed by atoms with van der Waals surface area (Å²) in [5.41, 5.74) is -0.457. The summed E-state index contributed by atoms with van der Waals surface area (Å²) in [7, 11) is 0. The predicted molar refractivity (Wildman–Crippen MR) is 80.7 cm³/mol. The van der Waals surface area contributed by atoms with Crippen molar-refractivity contribution >= 4 is 6.09 Å². The molecule has 1 amide bonds. The maximum absolute atomic E-state index is 12.3. The predicted octanol–water partition coefficient (Wildman–Crippen LogP) is 4.33. The van der Waals surface area contributed by atoms with Crippen LogP contribution in [0.1, 0.15) is 73.1 Å². The van der Waals surface area contributed by atoms with Crippen LogP contribution in [0.5, 0.6) is 0 Å². The Kier molecular flexibility index (Phi) is 6.80. The molecule has 1 rings (SSSR count). The molecule has 1 heterocycles. The van der Waals surface area contributed by atoms with Crippen LogP contribution in [0.25, 0.3) is 0 Å². The highest BCUT2D eigenvalue weighted by atomic mass is 16.6. The number of hydrogen-bond donors (Lipinski definition) is 0. The van der Waals surface area contributed by atoms with E-state index in [2.05, 4.69) is 13.8 Å². The molecule has 1 aliphatic heterocycles. The van der Waals surface area contributed by atoms with E-state index < -0.39 is 5.60 Å². The van der Waals surface area contributed by atoms with Crippen LogP contribution in [0.4, 0.5) is 4.79 Å². The van der Waals surface area contributed by atoms with Gasteiger partial charge in [0.1, 0.15) is 11.8 Å². The third kappa shape index (κ3) is 5.70. The van der Waals surface area contributed by atoms with E-state index in [0.717, 1.165) is 25.9 Å². The van der Waals surface area contributed by atoms with Gasteiger partial charge in [0.25, 0.3) is 0 Å². The summed E-state index contributed by atoms with van der Waals surface area (Å²) in [5.74, 6) is 0. The molecule has 20 heavy (non-hydrogen) atoms. The van der Waals surface area contributed by atoms with Crippen LogP contribution < -0.4 is 0 Å². The van der Waals surface area contributed by atoms with Gasteiger partial charge in [0.2, 0.25) is 0 Å². The van der Waals surface area contributed by atoms with E-state index in [1.807, 2.05) is 20.8 Å². The molecule has 0 aromatic heterocycles. The highest BCUT2D eigenvalue weighted by molar-refractivity contribution is 5.68. The molecule has 0 radical (unpaired) electrons. The summed E-state index contributed by atoms with van der Waals surface area (Å²) in [6, 6.07) is 0.190. The molecule has 2 atom stereocenters. The van der Waals surface area contributed by atoms with Gasteiger partial charge in [-0.1, -0.05) is 26.2 Å². The number of unbranched alkanes of at least 4 members (excludes halogenated alkanes) is 3. The Hall–Kier alpha value is -0.770. The van der Waals surface area contributed by atoms with Gasteiger partial charge in [-0.2, -0.15) is 0 Å². The van der Waals surface area contributed by atoms with Gasteiger partial charge in [-0.25, -0.2) is 4.79 Å². The average Bonchev–Trinajstić information content (AvgIpc) is 2.32. The van der Waals surface area contributed by atoms with Crippen LogP contribution in [-0.2, 0) is 9.47 Å². The molecule has 118 valence electrons. The standard InChI is InChI=1S/C16H31NO3/c1-6-7-8-9-10-14-17(13(2)11-12-19-14)15(18)20-16(3,4)5/h13-14H,6-12H2,1-5H3/t13-,14-/m0/s1. The van der Waals surface area contributed by atoms with Crippen molar-refractivity contribution < 1.29 is 14.3 Å². The first kappa shape index (κ1) is 17.3. The average molecular weight is 285 g/mol. The second-order valence-electron chi connectivity index (χ2n) is 6.70. The molecular formula is C16H31NO3. The van der Waals surface area contributed by atoms with Crippen LogP contribution in [0, 0.1) is 0 Å². The number of rotatable bonds is 5. The number of carbonyl (C=O) groups is 1. The molecule has 1 aliphatic rings. The number of ether oxygens (including phenoxy) is 2. The molecule has 1 saturated heterocycles. The SMILES string of the molecule is CCCCCC[C@@H]1OCC[C@H](C)N1C(=O)OC(C)(C)C. The third-order valence-electron chi connectivity index (χ3n) is 3.54. The maximum Gasteiger partial charge on any atom is 0.412 e. The minimum Gasteiger partial charge on any atom is -0.444 e. The van der Waals surface area contributed by atoms with E-state index in [9.17, 15) is 4.79 Å². The Labute approximate surface area is 123 Å². The lowest BCUT2D eigenvalue weighted by atomic mass is 10.1. The van der Waals surface area contributed by atoms with Gasteiger partial charge in [0.15, 0.2) is 0 Å². The molecule has 0 saturated carbocycles. The summed E-state index contributed by atoms with van der Waals surface area (Å²) in [6.45, 7) is 10.7. The van der Waals surface area contributed by atoms with Gasteiger partial charge < -0.3 is 9.47 Å². The first-order valence-electron chi connectivity index (χ1n) is 7.98. The van der Waals surface area contributed by atoms with E-state index >= 15 is 0 Å². The van der Waals surface area contributed by atoms with Gasteiger partial charge in [-0.15, -0.1) is 0 Å². The highest BCUT2D eigenvalue weighted by Gasteiger charge is 2.35. The van der Waals surface area contributed by atoms with Gasteiger partial charge in [-0.3, -0.25) is 4.90 Å². The zero-order valence-corrected chi connectivity index (χ0v) is 13.8. The molecule has 0 N–H and O–H groups in total.